The molecule has 0 saturated heterocycles. The predicted octanol–water partition coefficient (Wildman–Crippen LogP) is 1.91. The normalized spacial score (nSPS) is 11.6. The first-order valence-electron chi connectivity index (χ1n) is 6.28. The van der Waals surface area contributed by atoms with E-state index >= 15 is 0 Å². The molecule has 1 aromatic carbocycles. The van der Waals surface area contributed by atoms with Crippen LogP contribution in [0.15, 0.2) is 18.2 Å². The summed E-state index contributed by atoms with van der Waals surface area (Å²) in [4.78, 5) is 23.1. The van der Waals surface area contributed by atoms with E-state index < -0.39 is 24.3 Å². The van der Waals surface area contributed by atoms with Gasteiger partial charge in [0.15, 0.2) is 6.61 Å². The second kappa shape index (κ2) is 7.47. The lowest BCUT2D eigenvalue weighted by Crippen LogP contribution is -2.35. The van der Waals surface area contributed by atoms with Crippen LogP contribution < -0.4 is 10.1 Å². The van der Waals surface area contributed by atoms with Gasteiger partial charge in [-0.05, 0) is 25.5 Å². The van der Waals surface area contributed by atoms with Gasteiger partial charge >= 0.3 is 5.97 Å². The van der Waals surface area contributed by atoms with E-state index in [0.717, 1.165) is 12.5 Å². The summed E-state index contributed by atoms with van der Waals surface area (Å²) in [5, 5.41) is 2.64. The molecule has 1 atom stereocenters. The fourth-order valence-corrected chi connectivity index (χ4v) is 1.42. The van der Waals surface area contributed by atoms with Gasteiger partial charge in [-0.2, -0.15) is 0 Å². The summed E-state index contributed by atoms with van der Waals surface area (Å²) in [6, 6.07) is 3.77. The lowest BCUT2D eigenvalue weighted by atomic mass is 10.2. The molecule has 0 unspecified atom stereocenters. The van der Waals surface area contributed by atoms with Crippen molar-refractivity contribution in [2.24, 2.45) is 0 Å². The number of esters is 1. The van der Waals surface area contributed by atoms with Crippen molar-refractivity contribution in [2.45, 2.75) is 26.3 Å². The van der Waals surface area contributed by atoms with Crippen molar-refractivity contribution in [3.8, 4) is 5.75 Å². The van der Waals surface area contributed by atoms with Crippen LogP contribution in [-0.2, 0) is 9.53 Å². The number of ether oxygens (including phenoxy) is 2. The molecular weight excluding hydrogens is 265 g/mol. The molecule has 0 aliphatic rings. The maximum absolute atomic E-state index is 13.6. The fourth-order valence-electron chi connectivity index (χ4n) is 1.42. The van der Waals surface area contributed by atoms with Gasteiger partial charge in [0.2, 0.25) is 0 Å². The van der Waals surface area contributed by atoms with Crippen molar-refractivity contribution in [1.29, 1.82) is 0 Å². The first-order chi connectivity index (χ1) is 9.47. The molecule has 0 aromatic heterocycles. The van der Waals surface area contributed by atoms with Crippen LogP contribution in [0, 0.1) is 5.82 Å². The number of methoxy groups -OCH3 is 1. The summed E-state index contributed by atoms with van der Waals surface area (Å²) in [5.41, 5.74) is -0.234. The minimum Gasteiger partial charge on any atom is -0.497 e. The van der Waals surface area contributed by atoms with E-state index in [9.17, 15) is 14.0 Å². The number of nitrogens with one attached hydrogen (secondary N) is 1. The molecule has 20 heavy (non-hydrogen) atoms. The van der Waals surface area contributed by atoms with Gasteiger partial charge in [0.25, 0.3) is 5.91 Å². The van der Waals surface area contributed by atoms with Crippen LogP contribution in [0.2, 0.25) is 0 Å². The summed E-state index contributed by atoms with van der Waals surface area (Å²) in [6.45, 7) is 3.32. The van der Waals surface area contributed by atoms with Gasteiger partial charge < -0.3 is 14.8 Å². The smallest absolute Gasteiger partial charge is 0.341 e. The van der Waals surface area contributed by atoms with Gasteiger partial charge in [0.05, 0.1) is 12.7 Å². The summed E-state index contributed by atoms with van der Waals surface area (Å²) < 4.78 is 23.2. The largest absolute Gasteiger partial charge is 0.497 e. The Morgan fingerprint density at radius 1 is 1.40 bits per heavy atom. The molecule has 0 saturated carbocycles. The van der Waals surface area contributed by atoms with Crippen molar-refractivity contribution in [1.82, 2.24) is 5.32 Å². The highest BCUT2D eigenvalue weighted by Crippen LogP contribution is 2.16. The van der Waals surface area contributed by atoms with Crippen LogP contribution in [0.3, 0.4) is 0 Å². The van der Waals surface area contributed by atoms with E-state index in [1.54, 1.807) is 0 Å². The molecule has 0 radical (unpaired) electrons. The number of hydrogen-bond donors (Lipinski definition) is 1. The van der Waals surface area contributed by atoms with Crippen LogP contribution in [0.25, 0.3) is 0 Å². The molecule has 0 heterocycles. The lowest BCUT2D eigenvalue weighted by molar-refractivity contribution is -0.124. The third-order valence-electron chi connectivity index (χ3n) is 2.75. The quantitative estimate of drug-likeness (QED) is 0.810. The number of benzene rings is 1. The van der Waals surface area contributed by atoms with Gasteiger partial charge in [-0.25, -0.2) is 9.18 Å². The Bertz CT molecular complexity index is 490. The maximum Gasteiger partial charge on any atom is 0.341 e. The van der Waals surface area contributed by atoms with Crippen LogP contribution in [0.1, 0.15) is 30.6 Å². The molecule has 0 spiro atoms. The topological polar surface area (TPSA) is 64.6 Å². The first kappa shape index (κ1) is 15.9. The molecule has 1 amide bonds. The molecule has 1 aromatic rings. The van der Waals surface area contributed by atoms with Crippen LogP contribution >= 0.6 is 0 Å². The Kier molecular flexibility index (Phi) is 5.96. The predicted molar refractivity (Wildman–Crippen MR) is 71.1 cm³/mol. The lowest BCUT2D eigenvalue weighted by Gasteiger charge is -2.11. The number of carbonyl (C=O) groups is 2. The van der Waals surface area contributed by atoms with Gasteiger partial charge in [0, 0.05) is 12.1 Å². The summed E-state index contributed by atoms with van der Waals surface area (Å²) in [7, 11) is 1.39. The van der Waals surface area contributed by atoms with Crippen molar-refractivity contribution in [3.05, 3.63) is 29.6 Å². The van der Waals surface area contributed by atoms with Gasteiger partial charge in [-0.15, -0.1) is 0 Å². The minimum absolute atomic E-state index is 0.000996. The summed E-state index contributed by atoms with van der Waals surface area (Å²) in [5.74, 6) is -1.75. The molecule has 0 fully saturated rings. The fraction of sp³-hybridized carbons (Fsp3) is 0.429. The molecule has 1 N–H and O–H groups in total. The van der Waals surface area contributed by atoms with Crippen molar-refractivity contribution in [2.75, 3.05) is 13.7 Å². The average molecular weight is 283 g/mol. The number of halogens is 1. The van der Waals surface area contributed by atoms with Crippen LogP contribution in [0.4, 0.5) is 4.39 Å². The van der Waals surface area contributed by atoms with Gasteiger partial charge in [-0.3, -0.25) is 4.79 Å². The minimum atomic E-state index is -0.885. The highest BCUT2D eigenvalue weighted by molar-refractivity contribution is 5.91. The van der Waals surface area contributed by atoms with E-state index in [2.05, 4.69) is 5.32 Å². The zero-order valence-corrected chi connectivity index (χ0v) is 11.7. The van der Waals surface area contributed by atoms with Crippen molar-refractivity contribution in [3.63, 3.8) is 0 Å². The van der Waals surface area contributed by atoms with E-state index in [4.69, 9.17) is 9.47 Å². The van der Waals surface area contributed by atoms with Crippen LogP contribution in [-0.4, -0.2) is 31.6 Å². The van der Waals surface area contributed by atoms with E-state index in [1.807, 2.05) is 13.8 Å². The number of amides is 1. The van der Waals surface area contributed by atoms with E-state index in [0.29, 0.717) is 5.75 Å². The van der Waals surface area contributed by atoms with Crippen molar-refractivity contribution >= 4 is 11.9 Å². The zero-order chi connectivity index (χ0) is 15.1. The standard InChI is InChI=1S/C14H18FNO4/c1-4-9(2)16-13(17)8-20-14(18)11-6-5-10(19-3)7-12(11)15/h5-7,9H,4,8H2,1-3H3,(H,16,17)/t9-/m0/s1. The Labute approximate surface area is 117 Å². The number of rotatable bonds is 6. The maximum atomic E-state index is 13.6. The molecule has 6 heteroatoms. The summed E-state index contributed by atoms with van der Waals surface area (Å²) in [6.07, 6.45) is 0.771. The number of hydrogen-bond acceptors (Lipinski definition) is 4. The second-order valence-corrected chi connectivity index (χ2v) is 4.30. The van der Waals surface area contributed by atoms with E-state index in [1.165, 1.54) is 19.2 Å². The monoisotopic (exact) mass is 283 g/mol. The van der Waals surface area contributed by atoms with Crippen molar-refractivity contribution < 1.29 is 23.5 Å². The highest BCUT2D eigenvalue weighted by atomic mass is 19.1. The Hall–Kier alpha value is -2.11. The third-order valence-corrected chi connectivity index (χ3v) is 2.75. The third kappa shape index (κ3) is 4.53. The number of carbonyl (C=O) groups excluding carboxylic acids is 2. The Balaban J connectivity index is 2.57. The SMILES string of the molecule is CC[C@H](C)NC(=O)COC(=O)c1ccc(OC)cc1F. The van der Waals surface area contributed by atoms with E-state index in [-0.39, 0.29) is 11.6 Å². The Morgan fingerprint density at radius 3 is 2.65 bits per heavy atom. The van der Waals surface area contributed by atoms with Gasteiger partial charge in [-0.1, -0.05) is 6.92 Å². The molecule has 0 aliphatic carbocycles. The summed E-state index contributed by atoms with van der Waals surface area (Å²) >= 11 is 0. The molecule has 110 valence electrons. The molecule has 0 aliphatic heterocycles. The molecule has 5 nitrogen and oxygen atoms in total. The van der Waals surface area contributed by atoms with Gasteiger partial charge in [0.1, 0.15) is 11.6 Å². The zero-order valence-electron chi connectivity index (χ0n) is 11.7. The molecule has 0 bridgehead atoms. The average Bonchev–Trinajstić information content (AvgIpc) is 2.44. The van der Waals surface area contributed by atoms with Crippen LogP contribution in [0.5, 0.6) is 5.75 Å². The second-order valence-electron chi connectivity index (χ2n) is 4.30. The Morgan fingerprint density at radius 2 is 2.10 bits per heavy atom. The molecule has 1 rings (SSSR count). The first-order valence-corrected chi connectivity index (χ1v) is 6.28. The highest BCUT2D eigenvalue weighted by Gasteiger charge is 2.16. The molecular formula is C14H18FNO4.